The summed E-state index contributed by atoms with van der Waals surface area (Å²) in [6.07, 6.45) is -0.367. The molecule has 1 aliphatic rings. The van der Waals surface area contributed by atoms with Gasteiger partial charge in [-0.15, -0.1) is 0 Å². The lowest BCUT2D eigenvalue weighted by Crippen LogP contribution is -2.42. The number of hydrogen-bond donors (Lipinski definition) is 2. The molecule has 7 heteroatoms. The van der Waals surface area contributed by atoms with Crippen molar-refractivity contribution in [3.05, 3.63) is 33.8 Å². The summed E-state index contributed by atoms with van der Waals surface area (Å²) >= 11 is 11.9. The van der Waals surface area contributed by atoms with Crippen LogP contribution in [0.5, 0.6) is 0 Å². The number of aliphatic hydroxyl groups is 2. The molecule has 2 unspecified atom stereocenters. The Labute approximate surface area is 145 Å². The first-order valence-corrected chi connectivity index (χ1v) is 8.10. The number of ether oxygens (including phenoxy) is 1. The molecule has 0 spiro atoms. The summed E-state index contributed by atoms with van der Waals surface area (Å²) in [7, 11) is 0. The first-order valence-electron chi connectivity index (χ1n) is 7.34. The zero-order chi connectivity index (χ0) is 17.4. The lowest BCUT2D eigenvalue weighted by atomic mass is 9.91. The molecule has 0 saturated carbocycles. The van der Waals surface area contributed by atoms with E-state index in [0.717, 1.165) is 0 Å². The third-order valence-electron chi connectivity index (χ3n) is 3.74. The highest BCUT2D eigenvalue weighted by Crippen LogP contribution is 2.38. The van der Waals surface area contributed by atoms with Crippen LogP contribution in [0.3, 0.4) is 0 Å². The van der Waals surface area contributed by atoms with Crippen molar-refractivity contribution in [1.29, 1.82) is 0 Å². The Morgan fingerprint density at radius 2 is 2.04 bits per heavy atom. The molecule has 128 valence electrons. The predicted octanol–water partition coefficient (Wildman–Crippen LogP) is 3.18. The van der Waals surface area contributed by atoms with Crippen LogP contribution in [-0.4, -0.2) is 46.0 Å². The van der Waals surface area contributed by atoms with E-state index < -0.39 is 23.3 Å². The van der Waals surface area contributed by atoms with Crippen molar-refractivity contribution < 1.29 is 19.7 Å². The summed E-state index contributed by atoms with van der Waals surface area (Å²) in [5, 5.41) is 21.2. The molecule has 0 radical (unpaired) electrons. The van der Waals surface area contributed by atoms with Crippen molar-refractivity contribution in [1.82, 2.24) is 4.90 Å². The fraction of sp³-hybridized carbons (Fsp3) is 0.562. The highest BCUT2D eigenvalue weighted by Gasteiger charge is 2.47. The monoisotopic (exact) mass is 361 g/mol. The number of halogens is 2. The maximum absolute atomic E-state index is 12.3. The number of aliphatic hydroxyl groups excluding tert-OH is 1. The van der Waals surface area contributed by atoms with E-state index in [1.165, 1.54) is 4.90 Å². The quantitative estimate of drug-likeness (QED) is 0.848. The second kappa shape index (κ2) is 6.48. The highest BCUT2D eigenvalue weighted by atomic mass is 35.5. The van der Waals surface area contributed by atoms with E-state index in [1.54, 1.807) is 39.0 Å². The van der Waals surface area contributed by atoms with Gasteiger partial charge in [-0.25, -0.2) is 4.79 Å². The third-order valence-corrected chi connectivity index (χ3v) is 4.48. The first kappa shape index (κ1) is 18.3. The van der Waals surface area contributed by atoms with Gasteiger partial charge in [-0.1, -0.05) is 29.3 Å². The molecule has 1 amide bonds. The van der Waals surface area contributed by atoms with E-state index in [4.69, 9.17) is 27.9 Å². The summed E-state index contributed by atoms with van der Waals surface area (Å²) in [5.74, 6) is 0. The zero-order valence-corrected chi connectivity index (χ0v) is 14.9. The fourth-order valence-corrected chi connectivity index (χ4v) is 2.97. The van der Waals surface area contributed by atoms with E-state index >= 15 is 0 Å². The molecule has 2 atom stereocenters. The van der Waals surface area contributed by atoms with Crippen LogP contribution in [0.25, 0.3) is 0 Å². The smallest absolute Gasteiger partial charge is 0.410 e. The van der Waals surface area contributed by atoms with Gasteiger partial charge in [0.1, 0.15) is 11.2 Å². The number of carbonyl (C=O) groups excluding carboxylic acids is 1. The van der Waals surface area contributed by atoms with E-state index in [1.807, 2.05) is 0 Å². The molecule has 1 aromatic carbocycles. The van der Waals surface area contributed by atoms with E-state index in [0.29, 0.717) is 15.6 Å². The van der Waals surface area contributed by atoms with Gasteiger partial charge in [-0.2, -0.15) is 0 Å². The van der Waals surface area contributed by atoms with Gasteiger partial charge in [0, 0.05) is 6.42 Å². The molecule has 5 nitrogen and oxygen atoms in total. The Kier molecular flexibility index (Phi) is 5.16. The molecular formula is C16H21Cl2NO4. The minimum absolute atomic E-state index is 0.0189. The standard InChI is InChI=1S/C16H21Cl2NO4/c1-15(2,3)23-14(21)19-9-16(22,7-11(19)8-20)10-4-5-12(17)13(18)6-10/h4-6,11,20,22H,7-9H2,1-3H3. The Hall–Kier alpha value is -1.01. The summed E-state index contributed by atoms with van der Waals surface area (Å²) in [6, 6.07) is 4.32. The second-order valence-electron chi connectivity index (χ2n) is 6.81. The summed E-state index contributed by atoms with van der Waals surface area (Å²) < 4.78 is 5.34. The molecule has 1 heterocycles. The predicted molar refractivity (Wildman–Crippen MR) is 88.8 cm³/mol. The van der Waals surface area contributed by atoms with Gasteiger partial charge in [0.15, 0.2) is 0 Å². The Morgan fingerprint density at radius 3 is 2.57 bits per heavy atom. The number of amides is 1. The molecule has 1 aromatic rings. The van der Waals surface area contributed by atoms with Crippen molar-refractivity contribution in [2.75, 3.05) is 13.2 Å². The van der Waals surface area contributed by atoms with Crippen molar-refractivity contribution in [2.45, 2.75) is 44.4 Å². The normalized spacial score (nSPS) is 24.8. The summed E-state index contributed by atoms with van der Waals surface area (Å²) in [6.45, 7) is 5.05. The van der Waals surface area contributed by atoms with Crippen LogP contribution in [0.15, 0.2) is 18.2 Å². The van der Waals surface area contributed by atoms with Gasteiger partial charge in [0.25, 0.3) is 0 Å². The third kappa shape index (κ3) is 4.10. The number of rotatable bonds is 2. The molecular weight excluding hydrogens is 341 g/mol. The summed E-state index contributed by atoms with van der Waals surface area (Å²) in [5.41, 5.74) is -1.41. The number of β-amino-alcohol motifs (C(OH)–C–C–N with tert-alkyl or cyclic N) is 1. The molecule has 2 N–H and O–H groups in total. The first-order chi connectivity index (χ1) is 10.6. The SMILES string of the molecule is CC(C)(C)OC(=O)N1CC(O)(c2ccc(Cl)c(Cl)c2)CC1CO. The Bertz CT molecular complexity index is 602. The zero-order valence-electron chi connectivity index (χ0n) is 13.3. The molecule has 1 fully saturated rings. The van der Waals surface area contributed by atoms with E-state index in [-0.39, 0.29) is 19.6 Å². The lowest BCUT2D eigenvalue weighted by Gasteiger charge is -2.28. The molecule has 2 rings (SSSR count). The van der Waals surface area contributed by atoms with Crippen LogP contribution >= 0.6 is 23.2 Å². The van der Waals surface area contributed by atoms with Gasteiger partial charge in [0.05, 0.1) is 29.2 Å². The summed E-state index contributed by atoms with van der Waals surface area (Å²) in [4.78, 5) is 13.7. The van der Waals surface area contributed by atoms with E-state index in [2.05, 4.69) is 0 Å². The Balaban J connectivity index is 2.26. The molecule has 0 aromatic heterocycles. The Morgan fingerprint density at radius 1 is 1.39 bits per heavy atom. The number of hydrogen-bond acceptors (Lipinski definition) is 4. The molecule has 23 heavy (non-hydrogen) atoms. The van der Waals surface area contributed by atoms with Crippen LogP contribution in [0, 0.1) is 0 Å². The minimum Gasteiger partial charge on any atom is -0.444 e. The topological polar surface area (TPSA) is 70.0 Å². The van der Waals surface area contributed by atoms with Crippen LogP contribution in [0.4, 0.5) is 4.79 Å². The number of benzene rings is 1. The maximum Gasteiger partial charge on any atom is 0.410 e. The minimum atomic E-state index is -1.31. The maximum atomic E-state index is 12.3. The molecule has 1 aliphatic heterocycles. The number of nitrogens with zero attached hydrogens (tertiary/aromatic N) is 1. The fourth-order valence-electron chi connectivity index (χ4n) is 2.67. The largest absolute Gasteiger partial charge is 0.444 e. The van der Waals surface area contributed by atoms with Crippen LogP contribution in [0.2, 0.25) is 10.0 Å². The number of carbonyl (C=O) groups is 1. The second-order valence-corrected chi connectivity index (χ2v) is 7.62. The molecule has 1 saturated heterocycles. The molecule has 0 bridgehead atoms. The highest BCUT2D eigenvalue weighted by molar-refractivity contribution is 6.42. The van der Waals surface area contributed by atoms with Crippen molar-refractivity contribution >= 4 is 29.3 Å². The average molecular weight is 362 g/mol. The van der Waals surface area contributed by atoms with E-state index in [9.17, 15) is 15.0 Å². The molecule has 0 aliphatic carbocycles. The average Bonchev–Trinajstić information content (AvgIpc) is 2.79. The van der Waals surface area contributed by atoms with Crippen molar-refractivity contribution in [2.24, 2.45) is 0 Å². The van der Waals surface area contributed by atoms with Gasteiger partial charge in [-0.05, 0) is 38.5 Å². The van der Waals surface area contributed by atoms with Crippen molar-refractivity contribution in [3.8, 4) is 0 Å². The van der Waals surface area contributed by atoms with Crippen LogP contribution in [0.1, 0.15) is 32.8 Å². The van der Waals surface area contributed by atoms with Gasteiger partial charge < -0.3 is 14.9 Å². The van der Waals surface area contributed by atoms with Crippen LogP contribution in [-0.2, 0) is 10.3 Å². The van der Waals surface area contributed by atoms with Gasteiger partial charge in [-0.3, -0.25) is 4.90 Å². The van der Waals surface area contributed by atoms with Gasteiger partial charge in [0.2, 0.25) is 0 Å². The van der Waals surface area contributed by atoms with Gasteiger partial charge >= 0.3 is 6.09 Å². The van der Waals surface area contributed by atoms with Crippen molar-refractivity contribution in [3.63, 3.8) is 0 Å². The lowest BCUT2D eigenvalue weighted by molar-refractivity contribution is 0.00908. The number of likely N-dealkylation sites (tertiary alicyclic amines) is 1. The van der Waals surface area contributed by atoms with Crippen LogP contribution < -0.4 is 0 Å².